The molecular weight excluding hydrogens is 640 g/mol. The Bertz CT molecular complexity index is 2050. The molecule has 0 spiro atoms. The molecule has 4 heterocycles. The predicted octanol–water partition coefficient (Wildman–Crippen LogP) is 5.62. The molecule has 7 rings (SSSR count). The Hall–Kier alpha value is -5.03. The number of halogens is 1. The fourth-order valence-electron chi connectivity index (χ4n) is 6.85. The van der Waals surface area contributed by atoms with E-state index >= 15 is 0 Å². The number of morpholine rings is 1. The number of carbonyl (C=O) groups excluding carboxylic acids is 2. The molecule has 250 valence electrons. The van der Waals surface area contributed by atoms with Crippen molar-refractivity contribution < 1.29 is 14.3 Å². The number of hydrogen-bond donors (Lipinski definition) is 1. The second kappa shape index (κ2) is 13.8. The van der Waals surface area contributed by atoms with Crippen LogP contribution in [-0.2, 0) is 24.8 Å². The monoisotopic (exact) mass is 676 g/mol. The summed E-state index contributed by atoms with van der Waals surface area (Å²) in [6.45, 7) is 6.17. The number of H-pyrrole nitrogens is 1. The summed E-state index contributed by atoms with van der Waals surface area (Å²) < 4.78 is 7.51. The van der Waals surface area contributed by atoms with Gasteiger partial charge in [0.2, 0.25) is 0 Å². The van der Waals surface area contributed by atoms with Gasteiger partial charge in [-0.1, -0.05) is 54.1 Å². The number of nitrogens with zero attached hydrogens (tertiary/aromatic N) is 5. The van der Waals surface area contributed by atoms with Gasteiger partial charge in [-0.2, -0.15) is 4.98 Å². The van der Waals surface area contributed by atoms with Crippen LogP contribution in [0.5, 0.6) is 0 Å². The molecule has 0 bridgehead atoms. The molecule has 10 nitrogen and oxygen atoms in total. The van der Waals surface area contributed by atoms with E-state index in [0.717, 1.165) is 31.6 Å². The third-order valence-electron chi connectivity index (χ3n) is 9.58. The average molecular weight is 677 g/mol. The first kappa shape index (κ1) is 32.5. The van der Waals surface area contributed by atoms with Crippen LogP contribution in [0.1, 0.15) is 37.5 Å². The minimum Gasteiger partial charge on any atom is -0.379 e. The van der Waals surface area contributed by atoms with E-state index in [1.54, 1.807) is 18.2 Å². The lowest BCUT2D eigenvalue weighted by Gasteiger charge is -2.40. The lowest BCUT2D eigenvalue weighted by atomic mass is 9.92. The Balaban J connectivity index is 1.27. The van der Waals surface area contributed by atoms with E-state index < -0.39 is 5.69 Å². The first-order valence-electron chi connectivity index (χ1n) is 16.4. The van der Waals surface area contributed by atoms with Crippen molar-refractivity contribution in [1.82, 2.24) is 24.3 Å². The summed E-state index contributed by atoms with van der Waals surface area (Å²) in [5.41, 5.74) is 5.90. The van der Waals surface area contributed by atoms with Gasteiger partial charge in [0.25, 0.3) is 11.8 Å². The van der Waals surface area contributed by atoms with Gasteiger partial charge in [-0.05, 0) is 60.9 Å². The normalized spacial score (nSPS) is 16.3. The van der Waals surface area contributed by atoms with Gasteiger partial charge in [0, 0.05) is 78.7 Å². The van der Waals surface area contributed by atoms with Gasteiger partial charge < -0.3 is 19.2 Å². The predicted molar refractivity (Wildman–Crippen MR) is 189 cm³/mol. The number of benzene rings is 3. The summed E-state index contributed by atoms with van der Waals surface area (Å²) in [6.07, 6.45) is 3.61. The van der Waals surface area contributed by atoms with Crippen molar-refractivity contribution in [3.8, 4) is 11.3 Å². The van der Waals surface area contributed by atoms with Crippen LogP contribution in [0, 0.1) is 6.92 Å². The number of hydrogen-bond acceptors (Lipinski definition) is 6. The number of aromatic nitrogens is 3. The highest BCUT2D eigenvalue weighted by atomic mass is 35.5. The Labute approximate surface area is 289 Å². The van der Waals surface area contributed by atoms with Crippen molar-refractivity contribution >= 4 is 34.8 Å². The molecule has 49 heavy (non-hydrogen) atoms. The van der Waals surface area contributed by atoms with Crippen LogP contribution in [0.4, 0.5) is 11.4 Å². The zero-order chi connectivity index (χ0) is 34.1. The van der Waals surface area contributed by atoms with Gasteiger partial charge in [0.05, 0.1) is 30.7 Å². The SMILES string of the molecule is Cc1c(C(=O)N(c2ccccc2)c2cnc(=O)[nH]c2)cc(-c2cc(Cl)ccc2C(=O)N2Cc3ccccc3C[C@H]2CN2CCOCC2)n1C. The maximum absolute atomic E-state index is 14.7. The Morgan fingerprint density at radius 1 is 0.959 bits per heavy atom. The fraction of sp³-hybridized carbons (Fsp3) is 0.263. The molecular formula is C38H37ClN6O4. The minimum absolute atomic E-state index is 0.0262. The maximum atomic E-state index is 14.7. The third kappa shape index (κ3) is 6.55. The molecule has 11 heteroatoms. The van der Waals surface area contributed by atoms with Gasteiger partial charge in [-0.15, -0.1) is 0 Å². The number of carbonyl (C=O) groups is 2. The standard InChI is InChI=1S/C38H37ClN6O4/c1-25-33(37(47)45(29-10-4-3-5-11-29)31-21-40-38(48)41-22-31)20-35(42(25)2)34-19-28(39)12-13-32(34)36(46)44-23-27-9-7-6-8-26(27)18-30(44)24-43-14-16-49-17-15-43/h3-13,19-22,30H,14-18,23-24H2,1-2H3,(H,40,41,48)/t30-/m0/s1. The topological polar surface area (TPSA) is 104 Å². The summed E-state index contributed by atoms with van der Waals surface area (Å²) in [7, 11) is 1.88. The highest BCUT2D eigenvalue weighted by molar-refractivity contribution is 6.31. The quantitative estimate of drug-likeness (QED) is 0.240. The molecule has 1 N–H and O–H groups in total. The second-order valence-corrected chi connectivity index (χ2v) is 12.9. The summed E-state index contributed by atoms with van der Waals surface area (Å²) >= 11 is 6.60. The van der Waals surface area contributed by atoms with E-state index in [-0.39, 0.29) is 17.9 Å². The molecule has 0 saturated carbocycles. The molecule has 3 aromatic carbocycles. The van der Waals surface area contributed by atoms with Crippen LogP contribution in [0.15, 0.2) is 96.1 Å². The summed E-state index contributed by atoms with van der Waals surface area (Å²) in [5, 5.41) is 0.484. The summed E-state index contributed by atoms with van der Waals surface area (Å²) in [5.74, 6) is -0.399. The zero-order valence-electron chi connectivity index (χ0n) is 27.4. The highest BCUT2D eigenvalue weighted by Gasteiger charge is 2.34. The van der Waals surface area contributed by atoms with E-state index in [0.29, 0.717) is 64.2 Å². The van der Waals surface area contributed by atoms with E-state index in [2.05, 4.69) is 33.1 Å². The van der Waals surface area contributed by atoms with E-state index in [4.69, 9.17) is 16.3 Å². The Morgan fingerprint density at radius 2 is 1.69 bits per heavy atom. The van der Waals surface area contributed by atoms with Crippen molar-refractivity contribution in [2.75, 3.05) is 37.7 Å². The van der Waals surface area contributed by atoms with Gasteiger partial charge in [0.1, 0.15) is 0 Å². The van der Waals surface area contributed by atoms with Gasteiger partial charge in [0.15, 0.2) is 0 Å². The van der Waals surface area contributed by atoms with Crippen LogP contribution in [0.3, 0.4) is 0 Å². The maximum Gasteiger partial charge on any atom is 0.345 e. The Kier molecular flexibility index (Phi) is 9.18. The number of ether oxygens (including phenoxy) is 1. The molecule has 2 aromatic heterocycles. The number of aromatic amines is 1. The molecule has 2 amide bonds. The van der Waals surface area contributed by atoms with E-state index in [1.165, 1.54) is 22.9 Å². The highest BCUT2D eigenvalue weighted by Crippen LogP contribution is 2.35. The number of para-hydroxylation sites is 1. The van der Waals surface area contributed by atoms with Crippen molar-refractivity contribution in [2.45, 2.75) is 25.9 Å². The van der Waals surface area contributed by atoms with Crippen LogP contribution < -0.4 is 10.6 Å². The molecule has 0 radical (unpaired) electrons. The van der Waals surface area contributed by atoms with Crippen molar-refractivity contribution in [2.24, 2.45) is 7.05 Å². The largest absolute Gasteiger partial charge is 0.379 e. The molecule has 5 aromatic rings. The van der Waals surface area contributed by atoms with Crippen LogP contribution in [0.2, 0.25) is 5.02 Å². The van der Waals surface area contributed by atoms with Gasteiger partial charge in [-0.25, -0.2) is 4.79 Å². The fourth-order valence-corrected chi connectivity index (χ4v) is 7.02. The molecule has 1 fully saturated rings. The van der Waals surface area contributed by atoms with E-state index in [9.17, 15) is 14.4 Å². The molecule has 1 atom stereocenters. The minimum atomic E-state index is -0.509. The van der Waals surface area contributed by atoms with Crippen LogP contribution in [0.25, 0.3) is 11.3 Å². The first-order valence-corrected chi connectivity index (χ1v) is 16.7. The van der Waals surface area contributed by atoms with Gasteiger partial charge >= 0.3 is 5.69 Å². The lowest BCUT2D eigenvalue weighted by Crippen LogP contribution is -2.52. The number of fused-ring (bicyclic) bond motifs is 1. The number of nitrogens with one attached hydrogen (secondary N) is 1. The van der Waals surface area contributed by atoms with Crippen molar-refractivity contribution in [3.05, 3.63) is 135 Å². The number of amides is 2. The summed E-state index contributed by atoms with van der Waals surface area (Å²) in [6, 6.07) is 24.6. The molecule has 2 aliphatic rings. The molecule has 2 aliphatic heterocycles. The zero-order valence-corrected chi connectivity index (χ0v) is 28.2. The molecule has 0 aliphatic carbocycles. The number of anilines is 2. The van der Waals surface area contributed by atoms with Crippen molar-refractivity contribution in [1.29, 1.82) is 0 Å². The average Bonchev–Trinajstić information content (AvgIpc) is 3.42. The van der Waals surface area contributed by atoms with Crippen LogP contribution >= 0.6 is 11.6 Å². The van der Waals surface area contributed by atoms with Crippen LogP contribution in [-0.4, -0.2) is 75.0 Å². The lowest BCUT2D eigenvalue weighted by molar-refractivity contribution is 0.0193. The van der Waals surface area contributed by atoms with Gasteiger partial charge in [-0.3, -0.25) is 19.4 Å². The first-order chi connectivity index (χ1) is 23.8. The summed E-state index contributed by atoms with van der Waals surface area (Å²) in [4.78, 5) is 53.2. The number of rotatable bonds is 7. The molecule has 1 saturated heterocycles. The second-order valence-electron chi connectivity index (χ2n) is 12.5. The smallest absolute Gasteiger partial charge is 0.345 e. The third-order valence-corrected chi connectivity index (χ3v) is 9.81. The van der Waals surface area contributed by atoms with E-state index in [1.807, 2.05) is 65.9 Å². The molecule has 0 unspecified atom stereocenters. The Morgan fingerprint density at radius 3 is 2.43 bits per heavy atom. The van der Waals surface area contributed by atoms with Crippen molar-refractivity contribution in [3.63, 3.8) is 0 Å².